The molecule has 1 saturated heterocycles. The number of phenolic OH excluding ortho intramolecular Hbond substituents is 3. The molecule has 0 bridgehead atoms. The number of amides is 2. The van der Waals surface area contributed by atoms with E-state index in [9.17, 15) is 20.1 Å². The predicted octanol–water partition coefficient (Wildman–Crippen LogP) is 2.28. The molecule has 5 N–H and O–H groups in total. The summed E-state index contributed by atoms with van der Waals surface area (Å²) < 4.78 is 5.34. The second kappa shape index (κ2) is 7.18. The van der Waals surface area contributed by atoms with E-state index in [0.717, 1.165) is 30.9 Å². The smallest absolute Gasteiger partial charge is 0.323 e. The highest BCUT2D eigenvalue weighted by molar-refractivity contribution is 6.02. The van der Waals surface area contributed by atoms with E-state index in [1.807, 2.05) is 18.2 Å². The summed E-state index contributed by atoms with van der Waals surface area (Å²) in [5, 5.41) is 33.6. The highest BCUT2D eigenvalue weighted by Gasteiger charge is 2.16. The zero-order valence-electron chi connectivity index (χ0n) is 13.4. The van der Waals surface area contributed by atoms with Crippen LogP contribution in [0.25, 0.3) is 0 Å². The lowest BCUT2D eigenvalue weighted by Crippen LogP contribution is -2.36. The van der Waals surface area contributed by atoms with Gasteiger partial charge in [-0.05, 0) is 12.1 Å². The maximum atomic E-state index is 12.2. The Morgan fingerprint density at radius 3 is 2.32 bits per heavy atom. The molecule has 1 heterocycles. The van der Waals surface area contributed by atoms with Crippen molar-refractivity contribution in [2.45, 2.75) is 0 Å². The van der Waals surface area contributed by atoms with E-state index in [1.165, 1.54) is 0 Å². The molecule has 0 radical (unpaired) electrons. The van der Waals surface area contributed by atoms with E-state index >= 15 is 0 Å². The Hall–Kier alpha value is -3.13. The minimum Gasteiger partial charge on any atom is -0.504 e. The van der Waals surface area contributed by atoms with Crippen LogP contribution in [0.2, 0.25) is 0 Å². The number of nitrogens with one attached hydrogen (secondary N) is 2. The summed E-state index contributed by atoms with van der Waals surface area (Å²) in [6, 6.07) is 9.16. The van der Waals surface area contributed by atoms with Crippen LogP contribution >= 0.6 is 0 Å². The third-order valence-electron chi connectivity index (χ3n) is 3.83. The number of hydrogen-bond donors (Lipinski definition) is 5. The van der Waals surface area contributed by atoms with Crippen LogP contribution in [0, 0.1) is 0 Å². The SMILES string of the molecule is O=C(Nc1cc(O)c(O)c(O)c1)Nc1ccccc1N1CCOCC1. The van der Waals surface area contributed by atoms with Crippen molar-refractivity contribution in [1.82, 2.24) is 0 Å². The van der Waals surface area contributed by atoms with Gasteiger partial charge >= 0.3 is 6.03 Å². The Bertz CT molecular complexity index is 752. The van der Waals surface area contributed by atoms with Crippen LogP contribution in [0.1, 0.15) is 0 Å². The van der Waals surface area contributed by atoms with Crippen LogP contribution in [-0.4, -0.2) is 47.7 Å². The monoisotopic (exact) mass is 345 g/mol. The molecule has 0 atom stereocenters. The van der Waals surface area contributed by atoms with E-state index in [-0.39, 0.29) is 5.69 Å². The van der Waals surface area contributed by atoms with E-state index in [2.05, 4.69) is 15.5 Å². The first-order valence-electron chi connectivity index (χ1n) is 7.79. The summed E-state index contributed by atoms with van der Waals surface area (Å²) in [5.41, 5.74) is 1.67. The van der Waals surface area contributed by atoms with Crippen LogP contribution in [0.5, 0.6) is 17.2 Å². The molecule has 25 heavy (non-hydrogen) atoms. The largest absolute Gasteiger partial charge is 0.504 e. The van der Waals surface area contributed by atoms with Crippen LogP contribution < -0.4 is 15.5 Å². The van der Waals surface area contributed by atoms with Gasteiger partial charge in [0.15, 0.2) is 17.2 Å². The first-order chi connectivity index (χ1) is 12.0. The third-order valence-corrected chi connectivity index (χ3v) is 3.83. The number of morpholine rings is 1. The lowest BCUT2D eigenvalue weighted by molar-refractivity contribution is 0.123. The number of nitrogens with zero attached hydrogens (tertiary/aromatic N) is 1. The molecule has 1 fully saturated rings. The van der Waals surface area contributed by atoms with Gasteiger partial charge in [-0.1, -0.05) is 12.1 Å². The molecule has 0 unspecified atom stereocenters. The first-order valence-corrected chi connectivity index (χ1v) is 7.79. The highest BCUT2D eigenvalue weighted by atomic mass is 16.5. The molecule has 8 heteroatoms. The number of rotatable bonds is 3. The van der Waals surface area contributed by atoms with Crippen LogP contribution in [0.3, 0.4) is 0 Å². The average molecular weight is 345 g/mol. The third kappa shape index (κ3) is 3.86. The van der Waals surface area contributed by atoms with E-state index < -0.39 is 23.3 Å². The van der Waals surface area contributed by atoms with Crippen molar-refractivity contribution in [3.8, 4) is 17.2 Å². The molecule has 2 aromatic carbocycles. The summed E-state index contributed by atoms with van der Waals surface area (Å²) in [6.07, 6.45) is 0. The van der Waals surface area contributed by atoms with Crippen molar-refractivity contribution >= 4 is 23.1 Å². The standard InChI is InChI=1S/C17H19N3O5/c21-14-9-11(10-15(22)16(14)23)18-17(24)19-12-3-1-2-4-13(12)20-5-7-25-8-6-20/h1-4,9-10,21-23H,5-8H2,(H2,18,19,24). The summed E-state index contributed by atoms with van der Waals surface area (Å²) in [7, 11) is 0. The lowest BCUT2D eigenvalue weighted by Gasteiger charge is -2.30. The number of aromatic hydroxyl groups is 3. The van der Waals surface area contributed by atoms with E-state index in [0.29, 0.717) is 18.9 Å². The summed E-state index contributed by atoms with van der Waals surface area (Å²) in [4.78, 5) is 14.4. The van der Waals surface area contributed by atoms with Gasteiger partial charge in [-0.3, -0.25) is 0 Å². The van der Waals surface area contributed by atoms with Gasteiger partial charge in [-0.2, -0.15) is 0 Å². The lowest BCUT2D eigenvalue weighted by atomic mass is 10.2. The van der Waals surface area contributed by atoms with Crippen molar-refractivity contribution in [1.29, 1.82) is 0 Å². The fraction of sp³-hybridized carbons (Fsp3) is 0.235. The number of urea groups is 1. The number of ether oxygens (including phenoxy) is 1. The molecule has 132 valence electrons. The number of hydrogen-bond acceptors (Lipinski definition) is 6. The van der Waals surface area contributed by atoms with Gasteiger partial charge in [-0.25, -0.2) is 4.79 Å². The Labute approximate surface area is 144 Å². The highest BCUT2D eigenvalue weighted by Crippen LogP contribution is 2.37. The number of benzene rings is 2. The van der Waals surface area contributed by atoms with E-state index in [1.54, 1.807) is 6.07 Å². The molecule has 1 aliphatic heterocycles. The van der Waals surface area contributed by atoms with Crippen molar-refractivity contribution < 1.29 is 24.9 Å². The second-order valence-electron chi connectivity index (χ2n) is 5.56. The Kier molecular flexibility index (Phi) is 4.80. The Morgan fingerprint density at radius 1 is 1.00 bits per heavy atom. The van der Waals surface area contributed by atoms with Gasteiger partial charge in [0.1, 0.15) is 0 Å². The van der Waals surface area contributed by atoms with E-state index in [4.69, 9.17) is 4.74 Å². The number of anilines is 3. The molecule has 8 nitrogen and oxygen atoms in total. The molecular weight excluding hydrogens is 326 g/mol. The van der Waals surface area contributed by atoms with Gasteiger partial charge in [0, 0.05) is 25.2 Å². The van der Waals surface area contributed by atoms with Crippen LogP contribution in [0.4, 0.5) is 21.9 Å². The quantitative estimate of drug-likeness (QED) is 0.431. The number of carbonyl (C=O) groups excluding carboxylic acids is 1. The maximum absolute atomic E-state index is 12.2. The molecule has 0 spiro atoms. The fourth-order valence-electron chi connectivity index (χ4n) is 2.62. The molecule has 2 amide bonds. The van der Waals surface area contributed by atoms with Gasteiger partial charge in [0.05, 0.1) is 30.3 Å². The Morgan fingerprint density at radius 2 is 1.64 bits per heavy atom. The summed E-state index contributed by atoms with van der Waals surface area (Å²) in [6.45, 7) is 2.74. The van der Waals surface area contributed by atoms with Crippen molar-refractivity contribution in [2.75, 3.05) is 41.8 Å². The van der Waals surface area contributed by atoms with Crippen LogP contribution in [0.15, 0.2) is 36.4 Å². The normalized spacial score (nSPS) is 14.2. The summed E-state index contributed by atoms with van der Waals surface area (Å²) >= 11 is 0. The van der Waals surface area contributed by atoms with Gasteiger partial charge in [0.2, 0.25) is 0 Å². The molecular formula is C17H19N3O5. The number of phenols is 3. The molecule has 0 aromatic heterocycles. The molecule has 2 aromatic rings. The van der Waals surface area contributed by atoms with Crippen molar-refractivity contribution in [2.24, 2.45) is 0 Å². The topological polar surface area (TPSA) is 114 Å². The molecule has 3 rings (SSSR count). The number of carbonyl (C=O) groups is 1. The fourth-order valence-corrected chi connectivity index (χ4v) is 2.62. The predicted molar refractivity (Wildman–Crippen MR) is 93.6 cm³/mol. The zero-order chi connectivity index (χ0) is 17.8. The second-order valence-corrected chi connectivity index (χ2v) is 5.56. The molecule has 1 aliphatic rings. The van der Waals surface area contributed by atoms with Gasteiger partial charge < -0.3 is 35.6 Å². The number of para-hydroxylation sites is 2. The Balaban J connectivity index is 1.73. The minimum absolute atomic E-state index is 0.147. The van der Waals surface area contributed by atoms with Crippen molar-refractivity contribution in [3.05, 3.63) is 36.4 Å². The zero-order valence-corrected chi connectivity index (χ0v) is 13.4. The summed E-state index contributed by atoms with van der Waals surface area (Å²) in [5.74, 6) is -1.68. The molecule has 0 aliphatic carbocycles. The minimum atomic E-state index is -0.636. The maximum Gasteiger partial charge on any atom is 0.323 e. The molecule has 0 saturated carbocycles. The van der Waals surface area contributed by atoms with Gasteiger partial charge in [-0.15, -0.1) is 0 Å². The van der Waals surface area contributed by atoms with Gasteiger partial charge in [0.25, 0.3) is 0 Å². The first kappa shape index (κ1) is 16.7. The van der Waals surface area contributed by atoms with Crippen LogP contribution in [-0.2, 0) is 4.74 Å². The average Bonchev–Trinajstić information content (AvgIpc) is 2.61. The van der Waals surface area contributed by atoms with Crippen molar-refractivity contribution in [3.63, 3.8) is 0 Å².